The standard InChI is InChI=1S/C12H16N2O4S/c13-19(17,18)8-9-5-12(16)14(6-9)11-4-2-1-3-10(11)7-15/h1-4,9,15H,5-8H2,(H2,13,17,18). The van der Waals surface area contributed by atoms with E-state index in [9.17, 15) is 18.3 Å². The Balaban J connectivity index is 2.20. The number of nitrogens with zero attached hydrogens (tertiary/aromatic N) is 1. The van der Waals surface area contributed by atoms with Gasteiger partial charge < -0.3 is 10.0 Å². The molecule has 1 aromatic rings. The lowest BCUT2D eigenvalue weighted by atomic mass is 10.1. The van der Waals surface area contributed by atoms with Crippen LogP contribution >= 0.6 is 0 Å². The van der Waals surface area contributed by atoms with Crippen LogP contribution in [0.1, 0.15) is 12.0 Å². The van der Waals surface area contributed by atoms with Crippen LogP contribution in [0.3, 0.4) is 0 Å². The third-order valence-electron chi connectivity index (χ3n) is 3.13. The SMILES string of the molecule is NS(=O)(=O)CC1CC(=O)N(c2ccccc2CO)C1. The lowest BCUT2D eigenvalue weighted by Gasteiger charge is -2.19. The molecule has 1 unspecified atom stereocenters. The molecule has 1 aromatic carbocycles. The van der Waals surface area contributed by atoms with Gasteiger partial charge in [0, 0.05) is 30.1 Å². The van der Waals surface area contributed by atoms with Gasteiger partial charge in [0.05, 0.1) is 12.4 Å². The Morgan fingerprint density at radius 2 is 2.05 bits per heavy atom. The number of para-hydroxylation sites is 1. The van der Waals surface area contributed by atoms with Crippen molar-refractivity contribution in [3.05, 3.63) is 29.8 Å². The predicted octanol–water partition coefficient (Wildman–Crippen LogP) is -0.180. The molecule has 1 aliphatic rings. The molecule has 6 nitrogen and oxygen atoms in total. The quantitative estimate of drug-likeness (QED) is 0.801. The molecule has 2 rings (SSSR count). The van der Waals surface area contributed by atoms with Gasteiger partial charge in [-0.1, -0.05) is 18.2 Å². The minimum atomic E-state index is -3.58. The molecule has 1 amide bonds. The molecule has 1 heterocycles. The van der Waals surface area contributed by atoms with Crippen molar-refractivity contribution in [3.63, 3.8) is 0 Å². The maximum Gasteiger partial charge on any atom is 0.227 e. The largest absolute Gasteiger partial charge is 0.392 e. The zero-order chi connectivity index (χ0) is 14.0. The molecule has 19 heavy (non-hydrogen) atoms. The number of anilines is 1. The van der Waals surface area contributed by atoms with Gasteiger partial charge in [0.1, 0.15) is 0 Å². The van der Waals surface area contributed by atoms with Crippen molar-refractivity contribution >= 4 is 21.6 Å². The van der Waals surface area contributed by atoms with Crippen LogP contribution in [0.2, 0.25) is 0 Å². The Morgan fingerprint density at radius 1 is 1.37 bits per heavy atom. The van der Waals surface area contributed by atoms with Gasteiger partial charge in [-0.25, -0.2) is 13.6 Å². The van der Waals surface area contributed by atoms with E-state index in [1.54, 1.807) is 24.3 Å². The fourth-order valence-corrected chi connectivity index (χ4v) is 3.24. The molecule has 0 aliphatic carbocycles. The molecular weight excluding hydrogens is 268 g/mol. The van der Waals surface area contributed by atoms with Gasteiger partial charge >= 0.3 is 0 Å². The lowest BCUT2D eigenvalue weighted by molar-refractivity contribution is -0.117. The van der Waals surface area contributed by atoms with Crippen molar-refractivity contribution in [2.24, 2.45) is 11.1 Å². The number of nitrogens with two attached hydrogens (primary N) is 1. The van der Waals surface area contributed by atoms with Gasteiger partial charge in [0.2, 0.25) is 15.9 Å². The summed E-state index contributed by atoms with van der Waals surface area (Å²) in [7, 11) is -3.58. The fourth-order valence-electron chi connectivity index (χ4n) is 2.36. The molecule has 0 saturated carbocycles. The summed E-state index contributed by atoms with van der Waals surface area (Å²) >= 11 is 0. The highest BCUT2D eigenvalue weighted by molar-refractivity contribution is 7.89. The number of sulfonamides is 1. The highest BCUT2D eigenvalue weighted by atomic mass is 32.2. The number of aliphatic hydroxyl groups excluding tert-OH is 1. The van der Waals surface area contributed by atoms with Gasteiger partial charge in [0.25, 0.3) is 0 Å². The van der Waals surface area contributed by atoms with E-state index in [0.29, 0.717) is 17.8 Å². The molecule has 1 fully saturated rings. The second kappa shape index (κ2) is 5.28. The number of hydrogen-bond acceptors (Lipinski definition) is 4. The summed E-state index contributed by atoms with van der Waals surface area (Å²) in [6.07, 6.45) is 0.163. The Bertz CT molecular complexity index is 585. The first-order valence-corrected chi connectivity index (χ1v) is 7.62. The zero-order valence-electron chi connectivity index (χ0n) is 10.3. The lowest BCUT2D eigenvalue weighted by Crippen LogP contribution is -2.28. The van der Waals surface area contributed by atoms with Crippen LogP contribution in [0, 0.1) is 5.92 Å². The van der Waals surface area contributed by atoms with Crippen molar-refractivity contribution in [1.82, 2.24) is 0 Å². The van der Waals surface area contributed by atoms with Crippen molar-refractivity contribution < 1.29 is 18.3 Å². The second-order valence-corrected chi connectivity index (χ2v) is 6.35. The average molecular weight is 284 g/mol. The summed E-state index contributed by atoms with van der Waals surface area (Å²) < 4.78 is 22.1. The van der Waals surface area contributed by atoms with Crippen molar-refractivity contribution in [2.75, 3.05) is 17.2 Å². The van der Waals surface area contributed by atoms with Crippen molar-refractivity contribution in [1.29, 1.82) is 0 Å². The number of amides is 1. The Hall–Kier alpha value is -1.44. The number of aliphatic hydroxyl groups is 1. The summed E-state index contributed by atoms with van der Waals surface area (Å²) in [5, 5.41) is 14.3. The number of hydrogen-bond donors (Lipinski definition) is 2. The van der Waals surface area contributed by atoms with Crippen LogP contribution in [-0.2, 0) is 21.4 Å². The first kappa shape index (κ1) is 14.0. The van der Waals surface area contributed by atoms with Gasteiger partial charge in [-0.3, -0.25) is 4.79 Å². The molecule has 3 N–H and O–H groups in total. The minimum absolute atomic E-state index is 0.144. The number of carbonyl (C=O) groups excluding carboxylic acids is 1. The molecular formula is C12H16N2O4S. The van der Waals surface area contributed by atoms with E-state index in [1.807, 2.05) is 0 Å². The second-order valence-electron chi connectivity index (χ2n) is 4.69. The maximum absolute atomic E-state index is 11.9. The van der Waals surface area contributed by atoms with E-state index < -0.39 is 10.0 Å². The van der Waals surface area contributed by atoms with E-state index >= 15 is 0 Å². The van der Waals surface area contributed by atoms with Gasteiger partial charge in [0.15, 0.2) is 0 Å². The minimum Gasteiger partial charge on any atom is -0.392 e. The highest BCUT2D eigenvalue weighted by Gasteiger charge is 2.33. The summed E-state index contributed by atoms with van der Waals surface area (Å²) in [6.45, 7) is 0.145. The van der Waals surface area contributed by atoms with Gasteiger partial charge in [-0.05, 0) is 6.07 Å². The summed E-state index contributed by atoms with van der Waals surface area (Å²) in [6, 6.07) is 7.02. The van der Waals surface area contributed by atoms with E-state index in [1.165, 1.54) is 4.90 Å². The summed E-state index contributed by atoms with van der Waals surface area (Å²) in [5.74, 6) is -0.639. The third kappa shape index (κ3) is 3.31. The van der Waals surface area contributed by atoms with Crippen LogP contribution in [0.25, 0.3) is 0 Å². The van der Waals surface area contributed by atoms with Crippen LogP contribution < -0.4 is 10.0 Å². The Kier molecular flexibility index (Phi) is 3.88. The predicted molar refractivity (Wildman–Crippen MR) is 70.8 cm³/mol. The van der Waals surface area contributed by atoms with Crippen molar-refractivity contribution in [3.8, 4) is 0 Å². The number of primary sulfonamides is 1. The van der Waals surface area contributed by atoms with Crippen LogP contribution in [0.4, 0.5) is 5.69 Å². The summed E-state index contributed by atoms with van der Waals surface area (Å²) in [5.41, 5.74) is 1.28. The number of benzene rings is 1. The first-order chi connectivity index (χ1) is 8.90. The monoisotopic (exact) mass is 284 g/mol. The molecule has 0 spiro atoms. The molecule has 1 aliphatic heterocycles. The number of carbonyl (C=O) groups is 1. The molecule has 104 valence electrons. The van der Waals surface area contributed by atoms with Crippen molar-refractivity contribution in [2.45, 2.75) is 13.0 Å². The maximum atomic E-state index is 11.9. The van der Waals surface area contributed by atoms with Crippen LogP contribution in [0.15, 0.2) is 24.3 Å². The van der Waals surface area contributed by atoms with E-state index in [-0.39, 0.29) is 30.6 Å². The average Bonchev–Trinajstić information content (AvgIpc) is 2.67. The topological polar surface area (TPSA) is 101 Å². The molecule has 0 bridgehead atoms. The fraction of sp³-hybridized carbons (Fsp3) is 0.417. The molecule has 1 saturated heterocycles. The van der Waals surface area contributed by atoms with Gasteiger partial charge in [-0.15, -0.1) is 0 Å². The highest BCUT2D eigenvalue weighted by Crippen LogP contribution is 2.28. The van der Waals surface area contributed by atoms with E-state index in [2.05, 4.69) is 0 Å². The Morgan fingerprint density at radius 3 is 2.68 bits per heavy atom. The van der Waals surface area contributed by atoms with Crippen LogP contribution in [0.5, 0.6) is 0 Å². The molecule has 0 radical (unpaired) electrons. The Labute approximate surface area is 111 Å². The molecule has 0 aromatic heterocycles. The third-order valence-corrected chi connectivity index (χ3v) is 4.06. The normalized spacial score (nSPS) is 20.0. The smallest absolute Gasteiger partial charge is 0.227 e. The van der Waals surface area contributed by atoms with Gasteiger partial charge in [-0.2, -0.15) is 0 Å². The molecule has 1 atom stereocenters. The summed E-state index contributed by atoms with van der Waals surface area (Å²) in [4.78, 5) is 13.5. The first-order valence-electron chi connectivity index (χ1n) is 5.90. The van der Waals surface area contributed by atoms with Crippen LogP contribution in [-0.4, -0.2) is 31.7 Å². The van der Waals surface area contributed by atoms with E-state index in [4.69, 9.17) is 5.14 Å². The zero-order valence-corrected chi connectivity index (χ0v) is 11.1. The van der Waals surface area contributed by atoms with E-state index in [0.717, 1.165) is 0 Å². The molecule has 7 heteroatoms. The number of rotatable bonds is 4.